The smallest absolute Gasteiger partial charge is 0.329 e. The van der Waals surface area contributed by atoms with E-state index in [1.807, 2.05) is 35.8 Å². The van der Waals surface area contributed by atoms with Gasteiger partial charge in [0, 0.05) is 6.42 Å². The Morgan fingerprint density at radius 3 is 2.69 bits per heavy atom. The first-order valence-corrected chi connectivity index (χ1v) is 10.1. The van der Waals surface area contributed by atoms with E-state index in [4.69, 9.17) is 9.72 Å². The van der Waals surface area contributed by atoms with Crippen molar-refractivity contribution in [2.75, 3.05) is 0 Å². The summed E-state index contributed by atoms with van der Waals surface area (Å²) < 4.78 is 8.13. The fourth-order valence-corrected chi connectivity index (χ4v) is 4.38. The fourth-order valence-electron chi connectivity index (χ4n) is 4.38. The molecule has 1 fully saturated rings. The van der Waals surface area contributed by atoms with E-state index < -0.39 is 0 Å². The summed E-state index contributed by atoms with van der Waals surface area (Å²) in [4.78, 5) is 17.7. The molecule has 1 saturated carbocycles. The van der Waals surface area contributed by atoms with Crippen molar-refractivity contribution in [1.82, 2.24) is 9.55 Å². The Morgan fingerprint density at radius 2 is 2.00 bits per heavy atom. The molecule has 1 aliphatic rings. The molecule has 1 aliphatic carbocycles. The van der Waals surface area contributed by atoms with Crippen LogP contribution in [0.2, 0.25) is 0 Å². The Balaban J connectivity index is 1.83. The molecule has 4 heteroatoms. The number of para-hydroxylation sites is 2. The summed E-state index contributed by atoms with van der Waals surface area (Å²) in [6.45, 7) is 10.8. The first-order chi connectivity index (χ1) is 12.4. The van der Waals surface area contributed by atoms with Gasteiger partial charge in [0.05, 0.1) is 11.0 Å². The fraction of sp³-hybridized carbons (Fsp3) is 0.636. The van der Waals surface area contributed by atoms with Crippen LogP contribution in [0.4, 0.5) is 0 Å². The summed E-state index contributed by atoms with van der Waals surface area (Å²) in [7, 11) is 0. The first kappa shape index (κ1) is 18.9. The molecule has 0 saturated heterocycles. The van der Waals surface area contributed by atoms with Gasteiger partial charge >= 0.3 is 5.97 Å². The molecule has 142 valence electrons. The number of benzene rings is 1. The number of hydrogen-bond acceptors (Lipinski definition) is 3. The molecule has 4 atom stereocenters. The lowest BCUT2D eigenvalue weighted by Gasteiger charge is -2.37. The van der Waals surface area contributed by atoms with Gasteiger partial charge in [-0.3, -0.25) is 0 Å². The zero-order valence-electron chi connectivity index (χ0n) is 16.7. The second-order valence-corrected chi connectivity index (χ2v) is 8.22. The minimum atomic E-state index is -0.359. The number of nitrogens with zero attached hydrogens (tertiary/aromatic N) is 2. The third-order valence-corrected chi connectivity index (χ3v) is 5.94. The third kappa shape index (κ3) is 3.65. The lowest BCUT2D eigenvalue weighted by molar-refractivity contribution is -0.159. The van der Waals surface area contributed by atoms with E-state index in [-0.39, 0.29) is 18.1 Å². The van der Waals surface area contributed by atoms with Crippen molar-refractivity contribution < 1.29 is 9.53 Å². The maximum absolute atomic E-state index is 13.0. The van der Waals surface area contributed by atoms with Crippen LogP contribution in [0.1, 0.15) is 65.7 Å². The monoisotopic (exact) mass is 356 g/mol. The van der Waals surface area contributed by atoms with Crippen LogP contribution in [0.15, 0.2) is 24.3 Å². The van der Waals surface area contributed by atoms with Gasteiger partial charge in [-0.1, -0.05) is 46.2 Å². The van der Waals surface area contributed by atoms with E-state index in [0.717, 1.165) is 36.1 Å². The molecular weight excluding hydrogens is 324 g/mol. The zero-order chi connectivity index (χ0) is 18.8. The molecule has 26 heavy (non-hydrogen) atoms. The standard InChI is InChI=1S/C22H32N2O2/c1-6-21-23-18-9-7-8-10-19(18)24(21)16(5)22(25)26-20-13-15(4)11-12-17(20)14(2)3/h7-10,14-17,20H,6,11-13H2,1-5H3/t15-,16-,17?,20-/m1/s1. The Labute approximate surface area is 156 Å². The van der Waals surface area contributed by atoms with E-state index in [1.54, 1.807) is 0 Å². The second-order valence-electron chi connectivity index (χ2n) is 8.22. The van der Waals surface area contributed by atoms with E-state index in [9.17, 15) is 4.79 Å². The molecule has 0 aliphatic heterocycles. The number of rotatable bonds is 5. The summed E-state index contributed by atoms with van der Waals surface area (Å²) in [5, 5.41) is 0. The van der Waals surface area contributed by atoms with Gasteiger partial charge in [-0.15, -0.1) is 0 Å². The van der Waals surface area contributed by atoms with E-state index in [2.05, 4.69) is 27.7 Å². The van der Waals surface area contributed by atoms with Crippen LogP contribution in [0, 0.1) is 17.8 Å². The molecule has 0 amide bonds. The van der Waals surface area contributed by atoms with Crippen molar-refractivity contribution >= 4 is 17.0 Å². The highest BCUT2D eigenvalue weighted by Gasteiger charge is 2.35. The highest BCUT2D eigenvalue weighted by Crippen LogP contribution is 2.36. The average Bonchev–Trinajstić information content (AvgIpc) is 2.99. The average molecular weight is 357 g/mol. The van der Waals surface area contributed by atoms with Gasteiger partial charge in [-0.2, -0.15) is 0 Å². The van der Waals surface area contributed by atoms with Crippen LogP contribution in [-0.4, -0.2) is 21.6 Å². The molecule has 0 radical (unpaired) electrons. The maximum atomic E-state index is 13.0. The highest BCUT2D eigenvalue weighted by atomic mass is 16.5. The molecule has 1 aromatic carbocycles. The van der Waals surface area contributed by atoms with E-state index in [1.165, 1.54) is 6.42 Å². The molecule has 0 bridgehead atoms. The van der Waals surface area contributed by atoms with Gasteiger partial charge in [0.2, 0.25) is 0 Å². The Hall–Kier alpha value is -1.84. The number of aromatic nitrogens is 2. The normalized spacial score (nSPS) is 24.8. The quantitative estimate of drug-likeness (QED) is 0.695. The molecule has 0 N–H and O–H groups in total. The molecule has 1 aromatic heterocycles. The van der Waals surface area contributed by atoms with Gasteiger partial charge < -0.3 is 9.30 Å². The van der Waals surface area contributed by atoms with Gasteiger partial charge in [-0.25, -0.2) is 9.78 Å². The third-order valence-electron chi connectivity index (χ3n) is 5.94. The van der Waals surface area contributed by atoms with Crippen LogP contribution in [0.25, 0.3) is 11.0 Å². The SMILES string of the molecule is CCc1nc2ccccc2n1[C@H](C)C(=O)O[C@@H]1C[C@H](C)CCC1C(C)C. The Bertz CT molecular complexity index is 765. The van der Waals surface area contributed by atoms with Gasteiger partial charge in [-0.05, 0) is 49.7 Å². The molecule has 3 rings (SSSR count). The van der Waals surface area contributed by atoms with Crippen molar-refractivity contribution in [2.45, 2.75) is 72.4 Å². The number of imidazole rings is 1. The highest BCUT2D eigenvalue weighted by molar-refractivity contribution is 5.81. The zero-order valence-corrected chi connectivity index (χ0v) is 16.7. The molecule has 4 nitrogen and oxygen atoms in total. The molecule has 0 spiro atoms. The number of carbonyl (C=O) groups is 1. The number of aryl methyl sites for hydroxylation is 1. The summed E-state index contributed by atoms with van der Waals surface area (Å²) >= 11 is 0. The number of esters is 1. The van der Waals surface area contributed by atoms with Crippen LogP contribution in [-0.2, 0) is 16.0 Å². The molecular formula is C22H32N2O2. The van der Waals surface area contributed by atoms with Crippen LogP contribution < -0.4 is 0 Å². The van der Waals surface area contributed by atoms with E-state index in [0.29, 0.717) is 17.8 Å². The van der Waals surface area contributed by atoms with Crippen molar-refractivity contribution in [3.8, 4) is 0 Å². The van der Waals surface area contributed by atoms with E-state index >= 15 is 0 Å². The molecule has 2 aromatic rings. The van der Waals surface area contributed by atoms with Crippen molar-refractivity contribution in [1.29, 1.82) is 0 Å². The molecule has 1 heterocycles. The first-order valence-electron chi connectivity index (χ1n) is 10.1. The van der Waals surface area contributed by atoms with Crippen LogP contribution in [0.5, 0.6) is 0 Å². The van der Waals surface area contributed by atoms with Crippen LogP contribution >= 0.6 is 0 Å². The lowest BCUT2D eigenvalue weighted by Crippen LogP contribution is -2.37. The number of ether oxygens (including phenoxy) is 1. The van der Waals surface area contributed by atoms with Gasteiger partial charge in [0.25, 0.3) is 0 Å². The lowest BCUT2D eigenvalue weighted by atomic mass is 9.75. The number of fused-ring (bicyclic) bond motifs is 1. The summed E-state index contributed by atoms with van der Waals surface area (Å²) in [6, 6.07) is 7.65. The van der Waals surface area contributed by atoms with Crippen LogP contribution in [0.3, 0.4) is 0 Å². The second kappa shape index (κ2) is 7.81. The van der Waals surface area contributed by atoms with Gasteiger partial charge in [0.1, 0.15) is 18.0 Å². The summed E-state index contributed by atoms with van der Waals surface area (Å²) in [5.41, 5.74) is 1.95. The minimum absolute atomic E-state index is 0.0357. The number of carbonyl (C=O) groups excluding carboxylic acids is 1. The summed E-state index contributed by atoms with van der Waals surface area (Å²) in [5.74, 6) is 2.43. The number of hydrogen-bond donors (Lipinski definition) is 0. The van der Waals surface area contributed by atoms with Crippen molar-refractivity contribution in [2.24, 2.45) is 17.8 Å². The Morgan fingerprint density at radius 1 is 1.27 bits per heavy atom. The Kier molecular flexibility index (Phi) is 5.69. The van der Waals surface area contributed by atoms with Gasteiger partial charge in [0.15, 0.2) is 0 Å². The predicted octanol–water partition coefficient (Wildman–Crippen LogP) is 5.16. The molecule has 1 unspecified atom stereocenters. The maximum Gasteiger partial charge on any atom is 0.329 e. The van der Waals surface area contributed by atoms with Crippen molar-refractivity contribution in [3.63, 3.8) is 0 Å². The topological polar surface area (TPSA) is 44.1 Å². The van der Waals surface area contributed by atoms with Crippen molar-refractivity contribution in [3.05, 3.63) is 30.1 Å². The predicted molar refractivity (Wildman–Crippen MR) is 105 cm³/mol. The minimum Gasteiger partial charge on any atom is -0.461 e. The largest absolute Gasteiger partial charge is 0.461 e. The summed E-state index contributed by atoms with van der Waals surface area (Å²) in [6.07, 6.45) is 4.19.